The zero-order valence-electron chi connectivity index (χ0n) is 12.5. The van der Waals surface area contributed by atoms with Gasteiger partial charge < -0.3 is 5.32 Å². The van der Waals surface area contributed by atoms with Crippen molar-refractivity contribution < 1.29 is 8.42 Å². The summed E-state index contributed by atoms with van der Waals surface area (Å²) in [6, 6.07) is 14.7. The first-order valence-corrected chi connectivity index (χ1v) is 8.98. The molecule has 0 amide bonds. The molecule has 0 saturated heterocycles. The van der Waals surface area contributed by atoms with Crippen molar-refractivity contribution in [2.24, 2.45) is 0 Å². The minimum atomic E-state index is -3.57. The smallest absolute Gasteiger partial charge is 0.261 e. The fourth-order valence-electron chi connectivity index (χ4n) is 2.39. The maximum Gasteiger partial charge on any atom is 0.261 e. The third-order valence-corrected chi connectivity index (χ3v) is 5.35. The van der Waals surface area contributed by atoms with Crippen molar-refractivity contribution in [2.75, 3.05) is 10.0 Å². The third kappa shape index (κ3) is 3.25. The Balaban J connectivity index is 1.83. The van der Waals surface area contributed by atoms with Gasteiger partial charge >= 0.3 is 0 Å². The van der Waals surface area contributed by atoms with Crippen molar-refractivity contribution in [2.45, 2.75) is 37.1 Å². The molecule has 1 saturated carbocycles. The van der Waals surface area contributed by atoms with Gasteiger partial charge in [-0.05, 0) is 50.5 Å². The molecule has 1 fully saturated rings. The van der Waals surface area contributed by atoms with Crippen LogP contribution in [0.1, 0.15) is 24.8 Å². The zero-order valence-corrected chi connectivity index (χ0v) is 13.4. The SMILES string of the molecule is Cc1ccc(S(=O)(=O)Nc2ccccc2NC2CCC2)cc1. The van der Waals surface area contributed by atoms with E-state index in [2.05, 4.69) is 10.0 Å². The number of aryl methyl sites for hydroxylation is 1. The van der Waals surface area contributed by atoms with Gasteiger partial charge in [-0.15, -0.1) is 0 Å². The molecule has 22 heavy (non-hydrogen) atoms. The van der Waals surface area contributed by atoms with Gasteiger partial charge in [0.2, 0.25) is 0 Å². The number of nitrogens with one attached hydrogen (secondary N) is 2. The normalized spacial score (nSPS) is 15.1. The van der Waals surface area contributed by atoms with Crippen LogP contribution < -0.4 is 10.0 Å². The molecule has 4 nitrogen and oxygen atoms in total. The highest BCUT2D eigenvalue weighted by Gasteiger charge is 2.20. The van der Waals surface area contributed by atoms with Gasteiger partial charge in [-0.2, -0.15) is 0 Å². The summed E-state index contributed by atoms with van der Waals surface area (Å²) in [4.78, 5) is 0.275. The number of para-hydroxylation sites is 2. The van der Waals surface area contributed by atoms with E-state index in [1.54, 1.807) is 30.3 Å². The van der Waals surface area contributed by atoms with Gasteiger partial charge in [0.05, 0.1) is 16.3 Å². The van der Waals surface area contributed by atoms with E-state index in [0.717, 1.165) is 24.1 Å². The minimum Gasteiger partial charge on any atom is -0.381 e. The van der Waals surface area contributed by atoms with Crippen LogP contribution in [0.5, 0.6) is 0 Å². The molecule has 1 aliphatic carbocycles. The Morgan fingerprint density at radius 3 is 2.18 bits per heavy atom. The average molecular weight is 316 g/mol. The lowest BCUT2D eigenvalue weighted by molar-refractivity contribution is 0.446. The second kappa shape index (κ2) is 6.01. The van der Waals surface area contributed by atoms with E-state index in [1.807, 2.05) is 25.1 Å². The van der Waals surface area contributed by atoms with Crippen molar-refractivity contribution in [3.8, 4) is 0 Å². The monoisotopic (exact) mass is 316 g/mol. The van der Waals surface area contributed by atoms with Gasteiger partial charge in [-0.1, -0.05) is 29.8 Å². The maximum absolute atomic E-state index is 12.5. The largest absolute Gasteiger partial charge is 0.381 e. The highest BCUT2D eigenvalue weighted by atomic mass is 32.2. The van der Waals surface area contributed by atoms with Gasteiger partial charge in [-0.3, -0.25) is 4.72 Å². The Morgan fingerprint density at radius 1 is 0.955 bits per heavy atom. The van der Waals surface area contributed by atoms with Crippen LogP contribution in [0.3, 0.4) is 0 Å². The Labute approximate surface area is 131 Å². The zero-order chi connectivity index (χ0) is 15.6. The molecule has 0 aromatic heterocycles. The van der Waals surface area contributed by atoms with E-state index in [4.69, 9.17) is 0 Å². The summed E-state index contributed by atoms with van der Waals surface area (Å²) in [7, 11) is -3.57. The molecule has 2 aromatic rings. The lowest BCUT2D eigenvalue weighted by atomic mass is 9.93. The standard InChI is InChI=1S/C17H20N2O2S/c1-13-9-11-15(12-10-13)22(20,21)19-17-8-3-2-7-16(17)18-14-5-4-6-14/h2-3,7-12,14,18-19H,4-6H2,1H3. The first kappa shape index (κ1) is 14.9. The molecule has 5 heteroatoms. The second-order valence-corrected chi connectivity index (χ2v) is 7.42. The molecule has 116 valence electrons. The fraction of sp³-hybridized carbons (Fsp3) is 0.294. The Kier molecular flexibility index (Phi) is 4.07. The van der Waals surface area contributed by atoms with Crippen LogP contribution in [0, 0.1) is 6.92 Å². The topological polar surface area (TPSA) is 58.2 Å². The molecule has 0 radical (unpaired) electrons. The van der Waals surface area contributed by atoms with Crippen molar-refractivity contribution in [3.63, 3.8) is 0 Å². The van der Waals surface area contributed by atoms with Crippen molar-refractivity contribution in [1.82, 2.24) is 0 Å². The number of anilines is 2. The molecule has 2 aromatic carbocycles. The molecule has 3 rings (SSSR count). The quantitative estimate of drug-likeness (QED) is 0.883. The summed E-state index contributed by atoms with van der Waals surface area (Å²) in [5.74, 6) is 0. The Hall–Kier alpha value is -2.01. The first-order chi connectivity index (χ1) is 10.5. The molecule has 0 spiro atoms. The highest BCUT2D eigenvalue weighted by molar-refractivity contribution is 7.92. The average Bonchev–Trinajstić information content (AvgIpc) is 2.44. The van der Waals surface area contributed by atoms with Gasteiger partial charge in [0.25, 0.3) is 10.0 Å². The summed E-state index contributed by atoms with van der Waals surface area (Å²) in [6.45, 7) is 1.93. The molecule has 1 aliphatic rings. The summed E-state index contributed by atoms with van der Waals surface area (Å²) in [5.41, 5.74) is 2.46. The predicted molar refractivity (Wildman–Crippen MR) is 89.7 cm³/mol. The first-order valence-electron chi connectivity index (χ1n) is 7.50. The lowest BCUT2D eigenvalue weighted by Gasteiger charge is -2.28. The number of benzene rings is 2. The molecule has 0 atom stereocenters. The van der Waals surface area contributed by atoms with Crippen LogP contribution in [0.25, 0.3) is 0 Å². The van der Waals surface area contributed by atoms with Crippen LogP contribution in [-0.2, 0) is 10.0 Å². The van der Waals surface area contributed by atoms with E-state index in [1.165, 1.54) is 6.42 Å². The Morgan fingerprint density at radius 2 is 1.59 bits per heavy atom. The van der Waals surface area contributed by atoms with Crippen LogP contribution in [0.2, 0.25) is 0 Å². The van der Waals surface area contributed by atoms with Crippen LogP contribution in [-0.4, -0.2) is 14.5 Å². The van der Waals surface area contributed by atoms with E-state index in [0.29, 0.717) is 11.7 Å². The lowest BCUT2D eigenvalue weighted by Crippen LogP contribution is -2.27. The van der Waals surface area contributed by atoms with Crippen molar-refractivity contribution in [3.05, 3.63) is 54.1 Å². The third-order valence-electron chi connectivity index (χ3n) is 3.97. The van der Waals surface area contributed by atoms with Gasteiger partial charge in [-0.25, -0.2) is 8.42 Å². The minimum absolute atomic E-state index is 0.275. The number of hydrogen-bond donors (Lipinski definition) is 2. The van der Waals surface area contributed by atoms with Crippen LogP contribution in [0.15, 0.2) is 53.4 Å². The summed E-state index contributed by atoms with van der Waals surface area (Å²) in [5, 5.41) is 3.40. The van der Waals surface area contributed by atoms with Gasteiger partial charge in [0.1, 0.15) is 0 Å². The predicted octanol–water partition coefficient (Wildman–Crippen LogP) is 3.76. The maximum atomic E-state index is 12.5. The number of hydrogen-bond acceptors (Lipinski definition) is 3. The summed E-state index contributed by atoms with van der Waals surface area (Å²) < 4.78 is 27.7. The van der Waals surface area contributed by atoms with Crippen molar-refractivity contribution >= 4 is 21.4 Å². The molecule has 0 bridgehead atoms. The number of rotatable bonds is 5. The van der Waals surface area contributed by atoms with E-state index < -0.39 is 10.0 Å². The molecule has 0 unspecified atom stereocenters. The number of sulfonamides is 1. The van der Waals surface area contributed by atoms with Gasteiger partial charge in [0, 0.05) is 6.04 Å². The van der Waals surface area contributed by atoms with E-state index in [9.17, 15) is 8.42 Å². The van der Waals surface area contributed by atoms with Crippen LogP contribution >= 0.6 is 0 Å². The molecule has 0 aliphatic heterocycles. The van der Waals surface area contributed by atoms with Crippen molar-refractivity contribution in [1.29, 1.82) is 0 Å². The summed E-state index contributed by atoms with van der Waals surface area (Å²) in [6.07, 6.45) is 3.51. The molecular formula is C17H20N2O2S. The molecular weight excluding hydrogens is 296 g/mol. The van der Waals surface area contributed by atoms with E-state index >= 15 is 0 Å². The fourth-order valence-corrected chi connectivity index (χ4v) is 3.47. The summed E-state index contributed by atoms with van der Waals surface area (Å²) >= 11 is 0. The Bertz CT molecular complexity index is 750. The van der Waals surface area contributed by atoms with Gasteiger partial charge in [0.15, 0.2) is 0 Å². The van der Waals surface area contributed by atoms with Crippen LogP contribution in [0.4, 0.5) is 11.4 Å². The highest BCUT2D eigenvalue weighted by Crippen LogP contribution is 2.29. The second-order valence-electron chi connectivity index (χ2n) is 5.74. The van der Waals surface area contributed by atoms with E-state index in [-0.39, 0.29) is 4.90 Å². The molecule has 2 N–H and O–H groups in total. The molecule has 0 heterocycles.